The van der Waals surface area contributed by atoms with Crippen LogP contribution in [0.4, 0.5) is 34.1 Å². The summed E-state index contributed by atoms with van der Waals surface area (Å²) in [5.74, 6) is 0. The summed E-state index contributed by atoms with van der Waals surface area (Å²) >= 11 is 0. The van der Waals surface area contributed by atoms with E-state index >= 15 is 0 Å². The minimum Gasteiger partial charge on any atom is -0.456 e. The van der Waals surface area contributed by atoms with Gasteiger partial charge in [-0.15, -0.1) is 0 Å². The number of hydrogen-bond donors (Lipinski definition) is 0. The van der Waals surface area contributed by atoms with Gasteiger partial charge >= 0.3 is 0 Å². The van der Waals surface area contributed by atoms with Crippen LogP contribution in [0.25, 0.3) is 76.2 Å². The van der Waals surface area contributed by atoms with Gasteiger partial charge in [-0.05, 0) is 161 Å². The highest BCUT2D eigenvalue weighted by Gasteiger charge is 2.29. The van der Waals surface area contributed by atoms with Crippen LogP contribution in [-0.4, -0.2) is 0 Å². The molecule has 10 aromatic carbocycles. The molecule has 0 unspecified atom stereocenters. The fourth-order valence-corrected chi connectivity index (χ4v) is 11.6. The number of hydrogen-bond acceptors (Lipinski definition) is 4. The van der Waals surface area contributed by atoms with Crippen molar-refractivity contribution in [2.24, 2.45) is 0 Å². The predicted molar refractivity (Wildman–Crippen MR) is 318 cm³/mol. The van der Waals surface area contributed by atoms with Crippen molar-refractivity contribution in [3.8, 4) is 0 Å². The Balaban J connectivity index is 0.977. The summed E-state index contributed by atoms with van der Waals surface area (Å²) in [5, 5.41) is 11.5. The van der Waals surface area contributed by atoms with Crippen LogP contribution in [0.3, 0.4) is 0 Å². The van der Waals surface area contributed by atoms with Crippen molar-refractivity contribution in [3.63, 3.8) is 0 Å². The Labute approximate surface area is 435 Å². The zero-order chi connectivity index (χ0) is 51.6. The fraction of sp³-hybridized carbons (Fsp3) is 0.229. The van der Waals surface area contributed by atoms with E-state index in [0.717, 1.165) is 88.8 Å². The minimum absolute atomic E-state index is 0.0379. The van der Waals surface area contributed by atoms with Gasteiger partial charge in [0, 0.05) is 56.4 Å². The summed E-state index contributed by atoms with van der Waals surface area (Å²) in [6.07, 6.45) is 0. The number of furan rings is 2. The lowest BCUT2D eigenvalue weighted by atomic mass is 9.81. The highest BCUT2D eigenvalue weighted by atomic mass is 16.3. The van der Waals surface area contributed by atoms with E-state index in [1.807, 2.05) is 0 Å². The average molecular weight is 967 g/mol. The van der Waals surface area contributed by atoms with Crippen LogP contribution in [0, 0.1) is 0 Å². The van der Waals surface area contributed by atoms with Crippen molar-refractivity contribution in [3.05, 3.63) is 204 Å². The van der Waals surface area contributed by atoms with Crippen molar-refractivity contribution in [1.29, 1.82) is 0 Å². The molecule has 0 atom stereocenters. The lowest BCUT2D eigenvalue weighted by Gasteiger charge is -2.33. The Kier molecular flexibility index (Phi) is 10.8. The van der Waals surface area contributed by atoms with Gasteiger partial charge in [0.1, 0.15) is 22.3 Å². The molecule has 12 aromatic rings. The Morgan fingerprint density at radius 2 is 0.622 bits per heavy atom. The molecule has 0 N–H and O–H groups in total. The summed E-state index contributed by atoms with van der Waals surface area (Å²) in [6, 6.07) is 67.2. The largest absolute Gasteiger partial charge is 0.456 e. The van der Waals surface area contributed by atoms with Crippen molar-refractivity contribution < 1.29 is 8.83 Å². The molecule has 0 aliphatic heterocycles. The Hall–Kier alpha value is -7.82. The Morgan fingerprint density at radius 3 is 0.986 bits per heavy atom. The molecule has 0 amide bonds. The molecule has 0 saturated carbocycles. The molecule has 2 heterocycles. The normalized spacial score (nSPS) is 12.9. The van der Waals surface area contributed by atoms with E-state index in [-0.39, 0.29) is 21.7 Å². The molecule has 4 nitrogen and oxygen atoms in total. The maximum Gasteiger partial charge on any atom is 0.137 e. The molecule has 0 aliphatic rings. The first-order chi connectivity index (χ1) is 35.2. The van der Waals surface area contributed by atoms with E-state index in [2.05, 4.69) is 275 Å². The highest BCUT2D eigenvalue weighted by molar-refractivity contribution is 6.16. The van der Waals surface area contributed by atoms with Gasteiger partial charge in [-0.25, -0.2) is 0 Å². The molecule has 74 heavy (non-hydrogen) atoms. The quantitative estimate of drug-likeness (QED) is 0.166. The lowest BCUT2D eigenvalue weighted by molar-refractivity contribution is 0.590. The first-order valence-electron chi connectivity index (χ1n) is 26.3. The summed E-state index contributed by atoms with van der Waals surface area (Å²) in [4.78, 5) is 4.83. The van der Waals surface area contributed by atoms with Crippen molar-refractivity contribution in [1.82, 2.24) is 0 Å². The molecule has 0 radical (unpaired) electrons. The van der Waals surface area contributed by atoms with Gasteiger partial charge in [0.2, 0.25) is 0 Å². The van der Waals surface area contributed by atoms with Crippen molar-refractivity contribution >= 4 is 110 Å². The zero-order valence-electron chi connectivity index (χ0n) is 45.0. The van der Waals surface area contributed by atoms with Crippen LogP contribution in [0.5, 0.6) is 0 Å². The van der Waals surface area contributed by atoms with Gasteiger partial charge in [0.25, 0.3) is 0 Å². The van der Waals surface area contributed by atoms with Gasteiger partial charge < -0.3 is 18.6 Å². The average Bonchev–Trinajstić information content (AvgIpc) is 3.90. The summed E-state index contributed by atoms with van der Waals surface area (Å²) in [7, 11) is 0. The second kappa shape index (κ2) is 16.9. The van der Waals surface area contributed by atoms with Crippen molar-refractivity contribution in [2.75, 3.05) is 9.80 Å². The molecule has 0 fully saturated rings. The van der Waals surface area contributed by atoms with Gasteiger partial charge in [-0.2, -0.15) is 0 Å². The standard InChI is InChI=1S/C70H66N2O2/c1-67(2,3)47-23-27-49(28-24-47)71(59-35-21-43-17-13-15-19-53(43)65(59)69(7,8)9)51-31-33-55-57-37-45-40-62-58(38-46(45)39-61(57)73-63(55)41-51)56-34-32-52(42-64(56)74-62)72(50-29-25-48(26-30-50)68(4,5)6)60-36-22-44-18-14-16-20-54(44)66(60)70(10,11)12/h13-42H,1-12H3. The van der Waals surface area contributed by atoms with E-state index in [9.17, 15) is 0 Å². The van der Waals surface area contributed by atoms with E-state index in [1.54, 1.807) is 0 Å². The number of anilines is 6. The smallest absolute Gasteiger partial charge is 0.137 e. The third kappa shape index (κ3) is 8.07. The highest BCUT2D eigenvalue weighted by Crippen LogP contribution is 2.49. The van der Waals surface area contributed by atoms with Crippen LogP contribution in [0.2, 0.25) is 0 Å². The lowest BCUT2D eigenvalue weighted by Crippen LogP contribution is -2.20. The molecule has 0 saturated heterocycles. The topological polar surface area (TPSA) is 32.8 Å². The second-order valence-electron chi connectivity index (χ2n) is 24.7. The molecular weight excluding hydrogens is 901 g/mol. The van der Waals surface area contributed by atoms with Crippen molar-refractivity contribution in [2.45, 2.75) is 105 Å². The number of fused-ring (bicyclic) bond motifs is 9. The molecule has 0 aliphatic carbocycles. The number of benzene rings is 10. The van der Waals surface area contributed by atoms with Crippen LogP contribution in [0.15, 0.2) is 191 Å². The molecule has 4 heteroatoms. The Morgan fingerprint density at radius 1 is 0.270 bits per heavy atom. The predicted octanol–water partition coefficient (Wildman–Crippen LogP) is 21.1. The molecule has 0 bridgehead atoms. The summed E-state index contributed by atoms with van der Waals surface area (Å²) in [6.45, 7) is 27.5. The zero-order valence-corrected chi connectivity index (χ0v) is 45.0. The van der Waals surface area contributed by atoms with Crippen LogP contribution < -0.4 is 9.80 Å². The third-order valence-corrected chi connectivity index (χ3v) is 15.3. The summed E-state index contributed by atoms with van der Waals surface area (Å²) in [5.41, 5.74) is 15.1. The Bertz CT molecular complexity index is 3890. The van der Waals surface area contributed by atoms with E-state index in [4.69, 9.17) is 8.83 Å². The maximum atomic E-state index is 6.89. The SMILES string of the molecule is CC(C)(C)c1ccc(N(c2ccc3c(c2)oc2cc4cc5c(cc4cc23)oc2cc(N(c3ccc(C(C)(C)C)cc3)c3ccc4ccccc4c3C(C)(C)C)ccc25)c2ccc3ccccc3c2C(C)(C)C)cc1. The maximum absolute atomic E-state index is 6.89. The van der Waals surface area contributed by atoms with Crippen LogP contribution >= 0.6 is 0 Å². The molecule has 12 rings (SSSR count). The van der Waals surface area contributed by atoms with Gasteiger partial charge in [0.05, 0.1) is 11.4 Å². The van der Waals surface area contributed by atoms with Gasteiger partial charge in [-0.1, -0.05) is 168 Å². The summed E-state index contributed by atoms with van der Waals surface area (Å²) < 4.78 is 13.8. The molecule has 0 spiro atoms. The molecular formula is C70H66N2O2. The fourth-order valence-electron chi connectivity index (χ4n) is 11.6. The van der Waals surface area contributed by atoms with E-state index in [1.165, 1.54) is 43.8 Å². The second-order valence-corrected chi connectivity index (χ2v) is 24.7. The van der Waals surface area contributed by atoms with Gasteiger partial charge in [0.15, 0.2) is 0 Å². The number of rotatable bonds is 6. The van der Waals surface area contributed by atoms with E-state index < -0.39 is 0 Å². The third-order valence-electron chi connectivity index (χ3n) is 15.3. The van der Waals surface area contributed by atoms with Crippen LogP contribution in [0.1, 0.15) is 105 Å². The van der Waals surface area contributed by atoms with Gasteiger partial charge in [-0.3, -0.25) is 0 Å². The first kappa shape index (κ1) is 47.2. The molecule has 368 valence electrons. The minimum atomic E-state index is -0.135. The molecule has 2 aromatic heterocycles. The monoisotopic (exact) mass is 967 g/mol. The van der Waals surface area contributed by atoms with Crippen LogP contribution in [-0.2, 0) is 21.7 Å². The number of nitrogens with zero attached hydrogens (tertiary/aromatic N) is 2. The first-order valence-corrected chi connectivity index (χ1v) is 26.3. The van der Waals surface area contributed by atoms with E-state index in [0.29, 0.717) is 0 Å².